The minimum atomic E-state index is -0.623. The van der Waals surface area contributed by atoms with Crippen LogP contribution in [-0.2, 0) is 0 Å². The second kappa shape index (κ2) is 4.30. The van der Waals surface area contributed by atoms with E-state index in [1.807, 2.05) is 0 Å². The van der Waals surface area contributed by atoms with Crippen molar-refractivity contribution in [3.8, 4) is 5.75 Å². The first kappa shape index (κ1) is 10.1. The molecule has 0 aromatic heterocycles. The Morgan fingerprint density at radius 1 is 1.57 bits per heavy atom. The fourth-order valence-electron chi connectivity index (χ4n) is 1.18. The first-order chi connectivity index (χ1) is 6.70. The number of carbonyl (C=O) groups is 1. The number of methoxy groups -OCH3 is 1. The standard InChI is InChI=1S/C9H9N3O2/c1-6-4-3-5-7(14-2)8(6)9(13)11-12-10/h3-5H,1-2H3. The SMILES string of the molecule is COc1cccc(C)c1C(=O)N=[N+]=[N-]. The fourth-order valence-corrected chi connectivity index (χ4v) is 1.18. The van der Waals surface area contributed by atoms with Gasteiger partial charge in [0.25, 0.3) is 5.91 Å². The number of rotatable bonds is 2. The van der Waals surface area contributed by atoms with Crippen molar-refractivity contribution in [1.29, 1.82) is 0 Å². The zero-order valence-corrected chi connectivity index (χ0v) is 7.89. The molecule has 0 aliphatic heterocycles. The third-order valence-corrected chi connectivity index (χ3v) is 1.80. The predicted molar refractivity (Wildman–Crippen MR) is 51.2 cm³/mol. The Balaban J connectivity index is 3.30. The molecule has 0 saturated heterocycles. The molecule has 1 aromatic carbocycles. The Kier molecular flexibility index (Phi) is 3.09. The van der Waals surface area contributed by atoms with E-state index in [0.717, 1.165) is 5.56 Å². The van der Waals surface area contributed by atoms with Crippen LogP contribution in [0.15, 0.2) is 23.3 Å². The van der Waals surface area contributed by atoms with Crippen LogP contribution in [0.1, 0.15) is 15.9 Å². The number of azide groups is 1. The highest BCUT2D eigenvalue weighted by Crippen LogP contribution is 2.22. The first-order valence-corrected chi connectivity index (χ1v) is 3.93. The molecule has 1 amide bonds. The van der Waals surface area contributed by atoms with Gasteiger partial charge in [0, 0.05) is 4.91 Å². The van der Waals surface area contributed by atoms with E-state index in [2.05, 4.69) is 10.0 Å². The van der Waals surface area contributed by atoms with Crippen LogP contribution in [-0.4, -0.2) is 13.0 Å². The Labute approximate surface area is 80.9 Å². The summed E-state index contributed by atoms with van der Waals surface area (Å²) in [5.41, 5.74) is 9.19. The quantitative estimate of drug-likeness (QED) is 0.409. The lowest BCUT2D eigenvalue weighted by Gasteiger charge is -2.07. The van der Waals surface area contributed by atoms with Gasteiger partial charge in [-0.1, -0.05) is 12.1 Å². The molecular weight excluding hydrogens is 182 g/mol. The van der Waals surface area contributed by atoms with Gasteiger partial charge in [0.2, 0.25) is 0 Å². The molecule has 0 N–H and O–H groups in total. The van der Waals surface area contributed by atoms with Gasteiger partial charge in [0.05, 0.1) is 12.7 Å². The zero-order chi connectivity index (χ0) is 10.6. The fraction of sp³-hybridized carbons (Fsp3) is 0.222. The van der Waals surface area contributed by atoms with E-state index in [4.69, 9.17) is 10.3 Å². The van der Waals surface area contributed by atoms with Crippen molar-refractivity contribution in [3.63, 3.8) is 0 Å². The van der Waals surface area contributed by atoms with Gasteiger partial charge in [-0.15, -0.1) is 0 Å². The Morgan fingerprint density at radius 2 is 2.29 bits per heavy atom. The van der Waals surface area contributed by atoms with Crippen molar-refractivity contribution in [2.45, 2.75) is 6.92 Å². The summed E-state index contributed by atoms with van der Waals surface area (Å²) < 4.78 is 4.99. The number of hydrogen-bond donors (Lipinski definition) is 0. The average molecular weight is 191 g/mol. The highest BCUT2D eigenvalue weighted by molar-refractivity contribution is 5.98. The number of nitrogens with zero attached hydrogens (tertiary/aromatic N) is 3. The number of ether oxygens (including phenoxy) is 1. The van der Waals surface area contributed by atoms with Crippen molar-refractivity contribution >= 4 is 5.91 Å². The third kappa shape index (κ3) is 1.84. The molecule has 0 saturated carbocycles. The van der Waals surface area contributed by atoms with Crippen LogP contribution >= 0.6 is 0 Å². The molecule has 5 heteroatoms. The van der Waals surface area contributed by atoms with Crippen LogP contribution < -0.4 is 4.74 Å². The van der Waals surface area contributed by atoms with Crippen LogP contribution in [0.3, 0.4) is 0 Å². The molecule has 0 atom stereocenters. The summed E-state index contributed by atoms with van der Waals surface area (Å²) in [5, 5.41) is 3.03. The monoisotopic (exact) mass is 191 g/mol. The normalized spacial score (nSPS) is 9.00. The van der Waals surface area contributed by atoms with E-state index in [0.29, 0.717) is 11.3 Å². The molecular formula is C9H9N3O2. The van der Waals surface area contributed by atoms with Gasteiger partial charge in [0.1, 0.15) is 5.75 Å². The van der Waals surface area contributed by atoms with Gasteiger partial charge in [-0.2, -0.15) is 0 Å². The number of benzene rings is 1. The number of hydrogen-bond acceptors (Lipinski definition) is 2. The van der Waals surface area contributed by atoms with E-state index in [1.54, 1.807) is 25.1 Å². The molecule has 0 heterocycles. The summed E-state index contributed by atoms with van der Waals surface area (Å²) in [5.74, 6) is -0.204. The van der Waals surface area contributed by atoms with Crippen molar-refractivity contribution in [3.05, 3.63) is 39.8 Å². The molecule has 0 unspecified atom stereocenters. The van der Waals surface area contributed by atoms with E-state index in [9.17, 15) is 4.79 Å². The molecule has 0 spiro atoms. The molecule has 0 fully saturated rings. The van der Waals surface area contributed by atoms with Gasteiger partial charge in [-0.05, 0) is 29.2 Å². The summed E-state index contributed by atoms with van der Waals surface area (Å²) in [7, 11) is 1.46. The Morgan fingerprint density at radius 3 is 2.86 bits per heavy atom. The van der Waals surface area contributed by atoms with Gasteiger partial charge < -0.3 is 4.74 Å². The molecule has 72 valence electrons. The maximum Gasteiger partial charge on any atom is 0.253 e. The molecule has 0 aliphatic carbocycles. The van der Waals surface area contributed by atoms with Crippen LogP contribution in [0.2, 0.25) is 0 Å². The topological polar surface area (TPSA) is 75.1 Å². The van der Waals surface area contributed by atoms with E-state index in [-0.39, 0.29) is 0 Å². The average Bonchev–Trinajstić information content (AvgIpc) is 2.17. The molecule has 1 rings (SSSR count). The summed E-state index contributed by atoms with van der Waals surface area (Å²) in [6.07, 6.45) is 0. The first-order valence-electron chi connectivity index (χ1n) is 3.93. The second-order valence-electron chi connectivity index (χ2n) is 2.65. The minimum absolute atomic E-state index is 0.313. The molecule has 0 bridgehead atoms. The molecule has 5 nitrogen and oxygen atoms in total. The second-order valence-corrected chi connectivity index (χ2v) is 2.65. The van der Waals surface area contributed by atoms with E-state index in [1.165, 1.54) is 7.11 Å². The number of amides is 1. The van der Waals surface area contributed by atoms with Crippen LogP contribution in [0, 0.1) is 6.92 Å². The zero-order valence-electron chi connectivity index (χ0n) is 7.89. The largest absolute Gasteiger partial charge is 0.496 e. The van der Waals surface area contributed by atoms with Crippen molar-refractivity contribution < 1.29 is 9.53 Å². The van der Waals surface area contributed by atoms with Crippen molar-refractivity contribution in [2.75, 3.05) is 7.11 Å². The lowest BCUT2D eigenvalue weighted by Crippen LogP contribution is -2.00. The molecule has 14 heavy (non-hydrogen) atoms. The smallest absolute Gasteiger partial charge is 0.253 e. The van der Waals surface area contributed by atoms with Crippen molar-refractivity contribution in [1.82, 2.24) is 0 Å². The molecule has 0 radical (unpaired) electrons. The van der Waals surface area contributed by atoms with E-state index >= 15 is 0 Å². The Bertz CT molecular complexity index is 409. The maximum absolute atomic E-state index is 11.3. The van der Waals surface area contributed by atoms with Gasteiger partial charge in [-0.3, -0.25) is 4.79 Å². The lowest BCUT2D eigenvalue weighted by molar-refractivity contribution is 0.0997. The minimum Gasteiger partial charge on any atom is -0.496 e. The third-order valence-electron chi connectivity index (χ3n) is 1.80. The highest BCUT2D eigenvalue weighted by atomic mass is 16.5. The highest BCUT2D eigenvalue weighted by Gasteiger charge is 2.12. The summed E-state index contributed by atoms with van der Waals surface area (Å²) >= 11 is 0. The van der Waals surface area contributed by atoms with Gasteiger partial charge >= 0.3 is 0 Å². The van der Waals surface area contributed by atoms with E-state index < -0.39 is 5.91 Å². The van der Waals surface area contributed by atoms with Crippen molar-refractivity contribution in [2.24, 2.45) is 5.11 Å². The molecule has 0 aliphatic rings. The molecule has 1 aromatic rings. The van der Waals surface area contributed by atoms with Gasteiger partial charge in [0.15, 0.2) is 0 Å². The summed E-state index contributed by atoms with van der Waals surface area (Å²) in [4.78, 5) is 13.8. The van der Waals surface area contributed by atoms with Crippen LogP contribution in [0.25, 0.3) is 10.4 Å². The summed E-state index contributed by atoms with van der Waals surface area (Å²) in [6, 6.07) is 5.16. The maximum atomic E-state index is 11.3. The number of aryl methyl sites for hydroxylation is 1. The lowest BCUT2D eigenvalue weighted by atomic mass is 10.1. The number of carbonyl (C=O) groups excluding carboxylic acids is 1. The van der Waals surface area contributed by atoms with Crippen LogP contribution in [0.5, 0.6) is 5.75 Å². The predicted octanol–water partition coefficient (Wildman–Crippen LogP) is 2.45. The van der Waals surface area contributed by atoms with Crippen LogP contribution in [0.4, 0.5) is 0 Å². The Hall–Kier alpha value is -2.00. The summed E-state index contributed by atoms with van der Waals surface area (Å²) in [6.45, 7) is 1.75. The van der Waals surface area contributed by atoms with Gasteiger partial charge in [-0.25, -0.2) is 0 Å².